The van der Waals surface area contributed by atoms with Gasteiger partial charge in [0.25, 0.3) is 0 Å². The van der Waals surface area contributed by atoms with Crippen molar-refractivity contribution in [2.75, 3.05) is 18.9 Å². The maximum absolute atomic E-state index is 12.9. The Bertz CT molecular complexity index is 475. The maximum atomic E-state index is 12.9. The van der Waals surface area contributed by atoms with E-state index in [0.29, 0.717) is 11.7 Å². The zero-order valence-electron chi connectivity index (χ0n) is 11.7. The van der Waals surface area contributed by atoms with Gasteiger partial charge in [0.15, 0.2) is 0 Å². The van der Waals surface area contributed by atoms with Crippen molar-refractivity contribution in [2.24, 2.45) is 0 Å². The van der Waals surface area contributed by atoms with Crippen molar-refractivity contribution in [1.82, 2.24) is 4.90 Å². The summed E-state index contributed by atoms with van der Waals surface area (Å²) in [6.07, 6.45) is 5.82. The van der Waals surface area contributed by atoms with Gasteiger partial charge in [-0.25, -0.2) is 4.39 Å². The Kier molecular flexibility index (Phi) is 5.24. The number of rotatable bonds is 4. The highest BCUT2D eigenvalue weighted by molar-refractivity contribution is 6.33. The molecule has 0 radical (unpaired) electrons. The molecule has 5 heteroatoms. The predicted octanol–water partition coefficient (Wildman–Crippen LogP) is 3.68. The second kappa shape index (κ2) is 6.93. The van der Waals surface area contributed by atoms with Crippen molar-refractivity contribution in [3.05, 3.63) is 29.0 Å². The standard InChI is InChI=1S/C15H20ClFN2O/c1-19(12-5-3-2-4-6-12)15(20)10-18-14-8-7-11(17)9-13(14)16/h7-9,12,18H,2-6,10H2,1H3. The summed E-state index contributed by atoms with van der Waals surface area (Å²) in [6, 6.07) is 4.45. The van der Waals surface area contributed by atoms with Crippen LogP contribution >= 0.6 is 11.6 Å². The Morgan fingerprint density at radius 2 is 2.10 bits per heavy atom. The molecule has 0 heterocycles. The quantitative estimate of drug-likeness (QED) is 0.919. The first-order chi connectivity index (χ1) is 9.58. The molecule has 1 aromatic carbocycles. The van der Waals surface area contributed by atoms with Crippen LogP contribution in [-0.4, -0.2) is 30.4 Å². The second-order valence-electron chi connectivity index (χ2n) is 5.27. The lowest BCUT2D eigenvalue weighted by Crippen LogP contribution is -2.41. The Morgan fingerprint density at radius 3 is 2.75 bits per heavy atom. The summed E-state index contributed by atoms with van der Waals surface area (Å²) in [5, 5.41) is 3.26. The number of hydrogen-bond donors (Lipinski definition) is 1. The SMILES string of the molecule is CN(C(=O)CNc1ccc(F)cc1Cl)C1CCCCC1. The predicted molar refractivity (Wildman–Crippen MR) is 79.5 cm³/mol. The third-order valence-corrected chi connectivity index (χ3v) is 4.19. The number of nitrogens with zero attached hydrogens (tertiary/aromatic N) is 1. The third kappa shape index (κ3) is 3.85. The number of likely N-dealkylation sites (N-methyl/N-ethyl adjacent to an activating group) is 1. The van der Waals surface area contributed by atoms with Crippen LogP contribution in [0.25, 0.3) is 0 Å². The van der Waals surface area contributed by atoms with Crippen LogP contribution in [0.3, 0.4) is 0 Å². The molecule has 20 heavy (non-hydrogen) atoms. The van der Waals surface area contributed by atoms with Crippen molar-refractivity contribution >= 4 is 23.2 Å². The average Bonchev–Trinajstić information content (AvgIpc) is 2.46. The van der Waals surface area contributed by atoms with Crippen molar-refractivity contribution in [1.29, 1.82) is 0 Å². The average molecular weight is 299 g/mol. The van der Waals surface area contributed by atoms with Crippen LogP contribution in [0.1, 0.15) is 32.1 Å². The minimum atomic E-state index is -0.383. The monoisotopic (exact) mass is 298 g/mol. The molecule has 1 aromatic rings. The van der Waals surface area contributed by atoms with Gasteiger partial charge in [-0.15, -0.1) is 0 Å². The summed E-state index contributed by atoms with van der Waals surface area (Å²) in [5.41, 5.74) is 0.582. The van der Waals surface area contributed by atoms with Crippen molar-refractivity contribution in [3.8, 4) is 0 Å². The first-order valence-electron chi connectivity index (χ1n) is 7.02. The van der Waals surface area contributed by atoms with E-state index in [9.17, 15) is 9.18 Å². The molecule has 1 N–H and O–H groups in total. The molecule has 110 valence electrons. The number of carbonyl (C=O) groups is 1. The van der Waals surface area contributed by atoms with E-state index in [2.05, 4.69) is 5.32 Å². The number of anilines is 1. The van der Waals surface area contributed by atoms with Gasteiger partial charge in [0.1, 0.15) is 5.82 Å². The fraction of sp³-hybridized carbons (Fsp3) is 0.533. The van der Waals surface area contributed by atoms with Gasteiger partial charge in [-0.1, -0.05) is 30.9 Å². The van der Waals surface area contributed by atoms with Crippen LogP contribution in [0.2, 0.25) is 5.02 Å². The summed E-state index contributed by atoms with van der Waals surface area (Å²) in [5.74, 6) is -0.344. The molecule has 0 bridgehead atoms. The highest BCUT2D eigenvalue weighted by atomic mass is 35.5. The molecule has 1 aliphatic carbocycles. The van der Waals surface area contributed by atoms with E-state index < -0.39 is 0 Å². The highest BCUT2D eigenvalue weighted by Gasteiger charge is 2.21. The van der Waals surface area contributed by atoms with Crippen LogP contribution in [-0.2, 0) is 4.79 Å². The summed E-state index contributed by atoms with van der Waals surface area (Å²) in [7, 11) is 1.85. The third-order valence-electron chi connectivity index (χ3n) is 3.88. The molecule has 3 nitrogen and oxygen atoms in total. The van der Waals surface area contributed by atoms with E-state index in [0.717, 1.165) is 12.8 Å². The fourth-order valence-electron chi connectivity index (χ4n) is 2.60. The van der Waals surface area contributed by atoms with Gasteiger partial charge in [-0.05, 0) is 31.0 Å². The molecular weight excluding hydrogens is 279 g/mol. The van der Waals surface area contributed by atoms with Crippen molar-refractivity contribution in [2.45, 2.75) is 38.1 Å². The lowest BCUT2D eigenvalue weighted by Gasteiger charge is -2.31. The van der Waals surface area contributed by atoms with Gasteiger partial charge in [0.2, 0.25) is 5.91 Å². The van der Waals surface area contributed by atoms with Crippen LogP contribution in [0.15, 0.2) is 18.2 Å². The number of nitrogens with one attached hydrogen (secondary N) is 1. The van der Waals surface area contributed by atoms with E-state index >= 15 is 0 Å². The first-order valence-corrected chi connectivity index (χ1v) is 7.40. The van der Waals surface area contributed by atoms with Gasteiger partial charge in [0.05, 0.1) is 17.3 Å². The Labute approximate surface area is 124 Å². The summed E-state index contributed by atoms with van der Waals surface area (Å²) in [4.78, 5) is 14.0. The molecule has 0 spiro atoms. The van der Waals surface area contributed by atoms with Gasteiger partial charge in [-0.2, -0.15) is 0 Å². The molecule has 0 atom stereocenters. The molecule has 2 rings (SSSR count). The summed E-state index contributed by atoms with van der Waals surface area (Å²) < 4.78 is 12.9. The molecule has 1 saturated carbocycles. The lowest BCUT2D eigenvalue weighted by molar-refractivity contribution is -0.130. The smallest absolute Gasteiger partial charge is 0.241 e. The number of hydrogen-bond acceptors (Lipinski definition) is 2. The second-order valence-corrected chi connectivity index (χ2v) is 5.68. The lowest BCUT2D eigenvalue weighted by atomic mass is 9.94. The normalized spacial score (nSPS) is 15.9. The first kappa shape index (κ1) is 15.1. The Morgan fingerprint density at radius 1 is 1.40 bits per heavy atom. The van der Waals surface area contributed by atoms with Crippen LogP contribution in [0, 0.1) is 5.82 Å². The molecule has 0 aromatic heterocycles. The molecular formula is C15H20ClFN2O. The van der Waals surface area contributed by atoms with Crippen molar-refractivity contribution in [3.63, 3.8) is 0 Å². The molecule has 0 unspecified atom stereocenters. The van der Waals surface area contributed by atoms with Gasteiger partial charge < -0.3 is 10.2 Å². The summed E-state index contributed by atoms with van der Waals surface area (Å²) in [6.45, 7) is 0.179. The van der Waals surface area contributed by atoms with E-state index in [4.69, 9.17) is 11.6 Å². The van der Waals surface area contributed by atoms with Gasteiger partial charge in [-0.3, -0.25) is 4.79 Å². The highest BCUT2D eigenvalue weighted by Crippen LogP contribution is 2.23. The Balaban J connectivity index is 1.87. The zero-order chi connectivity index (χ0) is 14.5. The molecule has 1 fully saturated rings. The number of benzene rings is 1. The van der Waals surface area contributed by atoms with Crippen LogP contribution in [0.4, 0.5) is 10.1 Å². The minimum Gasteiger partial charge on any atom is -0.375 e. The number of halogens is 2. The number of amides is 1. The van der Waals surface area contributed by atoms with E-state index in [-0.39, 0.29) is 23.3 Å². The molecule has 0 saturated heterocycles. The topological polar surface area (TPSA) is 32.3 Å². The van der Waals surface area contributed by atoms with Gasteiger partial charge >= 0.3 is 0 Å². The fourth-order valence-corrected chi connectivity index (χ4v) is 2.83. The number of carbonyl (C=O) groups excluding carboxylic acids is 1. The maximum Gasteiger partial charge on any atom is 0.241 e. The molecule has 1 aliphatic rings. The zero-order valence-corrected chi connectivity index (χ0v) is 12.4. The molecule has 0 aliphatic heterocycles. The minimum absolute atomic E-state index is 0.0392. The van der Waals surface area contributed by atoms with Crippen LogP contribution in [0.5, 0.6) is 0 Å². The van der Waals surface area contributed by atoms with Crippen LogP contribution < -0.4 is 5.32 Å². The van der Waals surface area contributed by atoms with Crippen molar-refractivity contribution < 1.29 is 9.18 Å². The van der Waals surface area contributed by atoms with E-state index in [1.807, 2.05) is 11.9 Å². The van der Waals surface area contributed by atoms with Gasteiger partial charge in [0, 0.05) is 13.1 Å². The van der Waals surface area contributed by atoms with E-state index in [1.54, 1.807) is 6.07 Å². The largest absolute Gasteiger partial charge is 0.375 e. The summed E-state index contributed by atoms with van der Waals surface area (Å²) >= 11 is 5.91. The van der Waals surface area contributed by atoms with E-state index in [1.165, 1.54) is 31.4 Å². The Hall–Kier alpha value is -1.29. The molecule has 1 amide bonds.